The predicted molar refractivity (Wildman–Crippen MR) is 72.0 cm³/mol. The average Bonchev–Trinajstić information content (AvgIpc) is 2.66. The topological polar surface area (TPSA) is 92.4 Å². The van der Waals surface area contributed by atoms with Crippen LogP contribution in [-0.4, -0.2) is 34.4 Å². The Labute approximate surface area is 115 Å². The van der Waals surface area contributed by atoms with Crippen LogP contribution in [0, 0.1) is 13.8 Å². The molecule has 0 spiro atoms. The Kier molecular flexibility index (Phi) is 6.41. The molecule has 1 amide bonds. The maximum absolute atomic E-state index is 11.5. The van der Waals surface area contributed by atoms with Crippen molar-refractivity contribution in [3.8, 4) is 0 Å². The summed E-state index contributed by atoms with van der Waals surface area (Å²) >= 11 is 1.48. The van der Waals surface area contributed by atoms with Gasteiger partial charge >= 0.3 is 5.97 Å². The Bertz CT molecular complexity index is 425. The van der Waals surface area contributed by atoms with E-state index >= 15 is 0 Å². The van der Waals surface area contributed by atoms with Crippen molar-refractivity contribution in [1.82, 2.24) is 10.5 Å². The second-order valence-electron chi connectivity index (χ2n) is 4.14. The van der Waals surface area contributed by atoms with Crippen LogP contribution in [0.5, 0.6) is 0 Å². The maximum atomic E-state index is 11.5. The molecule has 7 heteroatoms. The third-order valence-electron chi connectivity index (χ3n) is 2.55. The summed E-state index contributed by atoms with van der Waals surface area (Å²) in [5, 5.41) is 15.0. The van der Waals surface area contributed by atoms with Crippen LogP contribution in [0.25, 0.3) is 0 Å². The van der Waals surface area contributed by atoms with Gasteiger partial charge in [0.1, 0.15) is 5.76 Å². The van der Waals surface area contributed by atoms with Crippen molar-refractivity contribution in [3.63, 3.8) is 0 Å². The number of nitrogens with zero attached hydrogens (tertiary/aromatic N) is 1. The van der Waals surface area contributed by atoms with Crippen molar-refractivity contribution in [3.05, 3.63) is 17.0 Å². The molecule has 0 radical (unpaired) electrons. The molecule has 2 N–H and O–H groups in total. The summed E-state index contributed by atoms with van der Waals surface area (Å²) in [5.41, 5.74) is 1.88. The van der Waals surface area contributed by atoms with Gasteiger partial charge in [0.2, 0.25) is 5.91 Å². The average molecular weight is 286 g/mol. The lowest BCUT2D eigenvalue weighted by atomic mass is 10.2. The van der Waals surface area contributed by atoms with Crippen molar-refractivity contribution >= 4 is 23.6 Å². The van der Waals surface area contributed by atoms with Crippen LogP contribution < -0.4 is 5.32 Å². The molecule has 1 aromatic heterocycles. The number of carbonyl (C=O) groups is 2. The smallest absolute Gasteiger partial charge is 0.303 e. The lowest BCUT2D eigenvalue weighted by molar-refractivity contribution is -0.137. The largest absolute Gasteiger partial charge is 0.481 e. The number of hydrogen-bond donors (Lipinski definition) is 2. The highest BCUT2D eigenvalue weighted by Crippen LogP contribution is 2.19. The van der Waals surface area contributed by atoms with Crippen molar-refractivity contribution in [2.24, 2.45) is 0 Å². The Morgan fingerprint density at radius 2 is 2.16 bits per heavy atom. The molecule has 0 atom stereocenters. The van der Waals surface area contributed by atoms with Crippen LogP contribution in [0.2, 0.25) is 0 Å². The van der Waals surface area contributed by atoms with E-state index in [0.29, 0.717) is 24.5 Å². The number of amides is 1. The summed E-state index contributed by atoms with van der Waals surface area (Å²) in [6.45, 7) is 4.12. The first kappa shape index (κ1) is 15.6. The van der Waals surface area contributed by atoms with Crippen LogP contribution in [0.1, 0.15) is 29.9 Å². The number of rotatable bonds is 8. The first-order valence-corrected chi connectivity index (χ1v) is 7.14. The summed E-state index contributed by atoms with van der Waals surface area (Å²) in [4.78, 5) is 21.7. The molecule has 0 fully saturated rings. The normalized spacial score (nSPS) is 10.4. The monoisotopic (exact) mass is 286 g/mol. The van der Waals surface area contributed by atoms with E-state index < -0.39 is 5.97 Å². The van der Waals surface area contributed by atoms with E-state index in [9.17, 15) is 9.59 Å². The summed E-state index contributed by atoms with van der Waals surface area (Å²) in [7, 11) is 0. The molecule has 0 aliphatic carbocycles. The maximum Gasteiger partial charge on any atom is 0.303 e. The number of carboxylic acids is 1. The van der Waals surface area contributed by atoms with E-state index in [0.717, 1.165) is 17.0 Å². The highest BCUT2D eigenvalue weighted by atomic mass is 32.2. The minimum atomic E-state index is -0.845. The van der Waals surface area contributed by atoms with E-state index in [-0.39, 0.29) is 12.3 Å². The summed E-state index contributed by atoms with van der Waals surface area (Å²) in [6, 6.07) is 0. The first-order valence-electron chi connectivity index (χ1n) is 5.98. The molecule has 1 aromatic rings. The van der Waals surface area contributed by atoms with E-state index in [1.54, 1.807) is 0 Å². The van der Waals surface area contributed by atoms with Crippen LogP contribution >= 0.6 is 11.8 Å². The second-order valence-corrected chi connectivity index (χ2v) is 5.13. The zero-order chi connectivity index (χ0) is 14.3. The van der Waals surface area contributed by atoms with Gasteiger partial charge in [-0.25, -0.2) is 0 Å². The quantitative estimate of drug-likeness (QED) is 0.704. The lowest BCUT2D eigenvalue weighted by Crippen LogP contribution is -2.26. The van der Waals surface area contributed by atoms with Crippen molar-refractivity contribution < 1.29 is 19.2 Å². The van der Waals surface area contributed by atoms with Gasteiger partial charge in [-0.05, 0) is 20.3 Å². The fourth-order valence-electron chi connectivity index (χ4n) is 1.47. The van der Waals surface area contributed by atoms with Gasteiger partial charge in [-0.1, -0.05) is 5.16 Å². The number of aryl methyl sites for hydroxylation is 2. The van der Waals surface area contributed by atoms with Crippen LogP contribution in [-0.2, 0) is 15.3 Å². The van der Waals surface area contributed by atoms with Gasteiger partial charge < -0.3 is 14.9 Å². The molecule has 0 saturated carbocycles. The van der Waals surface area contributed by atoms with Gasteiger partial charge in [0.25, 0.3) is 0 Å². The fourth-order valence-corrected chi connectivity index (χ4v) is 2.48. The molecular formula is C12H18N2O4S. The molecule has 0 unspecified atom stereocenters. The summed E-state index contributed by atoms with van der Waals surface area (Å²) in [6.07, 6.45) is 0.530. The van der Waals surface area contributed by atoms with E-state index in [1.807, 2.05) is 13.8 Å². The SMILES string of the molecule is Cc1noc(C)c1CSCC(=O)NCCCC(=O)O. The lowest BCUT2D eigenvalue weighted by Gasteiger charge is -2.04. The third kappa shape index (κ3) is 5.78. The van der Waals surface area contributed by atoms with Crippen LogP contribution in [0.4, 0.5) is 0 Å². The molecule has 0 saturated heterocycles. The molecule has 106 valence electrons. The Morgan fingerprint density at radius 1 is 1.42 bits per heavy atom. The van der Waals surface area contributed by atoms with Gasteiger partial charge in [-0.15, -0.1) is 11.8 Å². The van der Waals surface area contributed by atoms with Crippen LogP contribution in [0.15, 0.2) is 4.52 Å². The summed E-state index contributed by atoms with van der Waals surface area (Å²) < 4.78 is 5.04. The number of hydrogen-bond acceptors (Lipinski definition) is 5. The van der Waals surface area contributed by atoms with Crippen molar-refractivity contribution in [2.75, 3.05) is 12.3 Å². The molecule has 0 aliphatic rings. The molecule has 19 heavy (non-hydrogen) atoms. The fraction of sp³-hybridized carbons (Fsp3) is 0.583. The van der Waals surface area contributed by atoms with E-state index in [4.69, 9.17) is 9.63 Å². The molecule has 1 rings (SSSR count). The highest BCUT2D eigenvalue weighted by Gasteiger charge is 2.09. The number of aliphatic carboxylic acids is 1. The van der Waals surface area contributed by atoms with Gasteiger partial charge in [-0.2, -0.15) is 0 Å². The van der Waals surface area contributed by atoms with Crippen LogP contribution in [0.3, 0.4) is 0 Å². The number of nitrogens with one attached hydrogen (secondary N) is 1. The Balaban J connectivity index is 2.15. The first-order chi connectivity index (χ1) is 9.00. The third-order valence-corrected chi connectivity index (χ3v) is 3.51. The van der Waals surface area contributed by atoms with E-state index in [2.05, 4.69) is 10.5 Å². The minimum Gasteiger partial charge on any atom is -0.481 e. The summed E-state index contributed by atoms with van der Waals surface area (Å²) in [5.74, 6) is 0.886. The molecular weight excluding hydrogens is 268 g/mol. The second kappa shape index (κ2) is 7.83. The van der Waals surface area contributed by atoms with Gasteiger partial charge in [-0.3, -0.25) is 9.59 Å². The molecule has 0 bridgehead atoms. The standard InChI is InChI=1S/C12H18N2O4S/c1-8-10(9(2)18-14-8)6-19-7-11(15)13-5-3-4-12(16)17/h3-7H2,1-2H3,(H,13,15)(H,16,17). The number of thioether (sulfide) groups is 1. The highest BCUT2D eigenvalue weighted by molar-refractivity contribution is 7.99. The number of carboxylic acid groups (broad SMARTS) is 1. The molecule has 0 aliphatic heterocycles. The van der Waals surface area contributed by atoms with Crippen molar-refractivity contribution in [2.45, 2.75) is 32.4 Å². The molecule has 0 aromatic carbocycles. The van der Waals surface area contributed by atoms with Gasteiger partial charge in [0.15, 0.2) is 0 Å². The van der Waals surface area contributed by atoms with Crippen molar-refractivity contribution in [1.29, 1.82) is 0 Å². The zero-order valence-corrected chi connectivity index (χ0v) is 11.9. The Hall–Kier alpha value is -1.50. The zero-order valence-electron chi connectivity index (χ0n) is 11.1. The molecule has 1 heterocycles. The predicted octanol–water partition coefficient (Wildman–Crippen LogP) is 1.51. The number of carbonyl (C=O) groups excluding carboxylic acids is 1. The Morgan fingerprint density at radius 3 is 2.74 bits per heavy atom. The molecule has 6 nitrogen and oxygen atoms in total. The van der Waals surface area contributed by atoms with Gasteiger partial charge in [0.05, 0.1) is 11.4 Å². The van der Waals surface area contributed by atoms with E-state index in [1.165, 1.54) is 11.8 Å². The minimum absolute atomic E-state index is 0.0759. The van der Waals surface area contributed by atoms with Gasteiger partial charge in [0, 0.05) is 24.3 Å². The number of aromatic nitrogens is 1.